The van der Waals surface area contributed by atoms with Crippen LogP contribution >= 0.6 is 0 Å². The zero-order valence-electron chi connectivity index (χ0n) is 10.1. The van der Waals surface area contributed by atoms with Crippen molar-refractivity contribution >= 4 is 17.9 Å². The number of carboxylic acids is 1. The number of carboxylic acid groups (broad SMARTS) is 1. The standard InChI is InChI=1S/C11H19N3O4/c12-9(15)5-4-8(10(16)17)14-11(18)13-6-7-2-1-3-7/h7-8H,1-6H2,(H2,12,15)(H,16,17)(H2,13,14,18). The molecule has 0 spiro atoms. The van der Waals surface area contributed by atoms with Gasteiger partial charge in [0, 0.05) is 13.0 Å². The van der Waals surface area contributed by atoms with Crippen LogP contribution in [-0.2, 0) is 9.59 Å². The van der Waals surface area contributed by atoms with Crippen LogP contribution in [0.25, 0.3) is 0 Å². The largest absolute Gasteiger partial charge is 0.480 e. The van der Waals surface area contributed by atoms with E-state index in [0.29, 0.717) is 12.5 Å². The maximum absolute atomic E-state index is 11.4. The SMILES string of the molecule is NC(=O)CCC(NC(=O)NCC1CCC1)C(=O)O. The highest BCUT2D eigenvalue weighted by Crippen LogP contribution is 2.24. The Morgan fingerprint density at radius 3 is 2.44 bits per heavy atom. The monoisotopic (exact) mass is 257 g/mol. The van der Waals surface area contributed by atoms with E-state index in [0.717, 1.165) is 12.8 Å². The molecule has 5 N–H and O–H groups in total. The molecule has 102 valence electrons. The minimum absolute atomic E-state index is 0.00150. The first-order chi connectivity index (χ1) is 8.49. The molecule has 0 aromatic heterocycles. The van der Waals surface area contributed by atoms with Crippen molar-refractivity contribution in [2.24, 2.45) is 11.7 Å². The predicted molar refractivity (Wildman–Crippen MR) is 63.7 cm³/mol. The average Bonchev–Trinajstić information content (AvgIpc) is 2.21. The van der Waals surface area contributed by atoms with Crippen LogP contribution in [0.15, 0.2) is 0 Å². The molecule has 7 nitrogen and oxygen atoms in total. The number of aliphatic carboxylic acids is 1. The van der Waals surface area contributed by atoms with Gasteiger partial charge in [-0.2, -0.15) is 0 Å². The van der Waals surface area contributed by atoms with E-state index in [1.54, 1.807) is 0 Å². The highest BCUT2D eigenvalue weighted by Gasteiger charge is 2.22. The van der Waals surface area contributed by atoms with E-state index in [1.165, 1.54) is 6.42 Å². The normalized spacial score (nSPS) is 16.4. The number of rotatable bonds is 7. The molecule has 0 saturated heterocycles. The molecule has 7 heteroatoms. The third kappa shape index (κ3) is 5.03. The van der Waals surface area contributed by atoms with Crippen molar-refractivity contribution in [3.63, 3.8) is 0 Å². The molecule has 1 saturated carbocycles. The second-order valence-electron chi connectivity index (χ2n) is 4.55. The number of nitrogens with two attached hydrogens (primary N) is 1. The van der Waals surface area contributed by atoms with E-state index in [9.17, 15) is 14.4 Å². The quantitative estimate of drug-likeness (QED) is 0.504. The van der Waals surface area contributed by atoms with Gasteiger partial charge in [0.2, 0.25) is 5.91 Å². The van der Waals surface area contributed by atoms with Crippen LogP contribution in [0.3, 0.4) is 0 Å². The maximum atomic E-state index is 11.4. The molecular weight excluding hydrogens is 238 g/mol. The number of primary amides is 1. The van der Waals surface area contributed by atoms with Gasteiger partial charge in [-0.3, -0.25) is 4.79 Å². The number of urea groups is 1. The third-order valence-corrected chi connectivity index (χ3v) is 3.06. The molecule has 0 heterocycles. The van der Waals surface area contributed by atoms with E-state index in [4.69, 9.17) is 10.8 Å². The molecule has 1 rings (SSSR count). The lowest BCUT2D eigenvalue weighted by atomic mass is 9.85. The molecular formula is C11H19N3O4. The van der Waals surface area contributed by atoms with E-state index in [2.05, 4.69) is 10.6 Å². The van der Waals surface area contributed by atoms with Crippen LogP contribution in [0.1, 0.15) is 32.1 Å². The van der Waals surface area contributed by atoms with E-state index in [-0.39, 0.29) is 12.8 Å². The Bertz CT molecular complexity index is 328. The number of carbonyl (C=O) groups excluding carboxylic acids is 2. The zero-order valence-corrected chi connectivity index (χ0v) is 10.1. The van der Waals surface area contributed by atoms with Crippen LogP contribution in [0.5, 0.6) is 0 Å². The van der Waals surface area contributed by atoms with Crippen molar-refractivity contribution in [1.29, 1.82) is 0 Å². The Hall–Kier alpha value is -1.79. The molecule has 1 aliphatic carbocycles. The summed E-state index contributed by atoms with van der Waals surface area (Å²) < 4.78 is 0. The first-order valence-corrected chi connectivity index (χ1v) is 6.04. The lowest BCUT2D eigenvalue weighted by Gasteiger charge is -2.25. The smallest absolute Gasteiger partial charge is 0.326 e. The molecule has 0 aromatic carbocycles. The van der Waals surface area contributed by atoms with Gasteiger partial charge in [-0.05, 0) is 25.2 Å². The fraction of sp³-hybridized carbons (Fsp3) is 0.727. The van der Waals surface area contributed by atoms with Gasteiger partial charge in [0.1, 0.15) is 6.04 Å². The number of amides is 3. The number of nitrogens with one attached hydrogen (secondary N) is 2. The van der Waals surface area contributed by atoms with E-state index < -0.39 is 23.9 Å². The topological polar surface area (TPSA) is 122 Å². The summed E-state index contributed by atoms with van der Waals surface area (Å²) in [5, 5.41) is 13.8. The summed E-state index contributed by atoms with van der Waals surface area (Å²) in [5.41, 5.74) is 4.94. The fourth-order valence-corrected chi connectivity index (χ4v) is 1.69. The van der Waals surface area contributed by atoms with Gasteiger partial charge in [0.05, 0.1) is 0 Å². The van der Waals surface area contributed by atoms with Crippen LogP contribution in [0.4, 0.5) is 4.79 Å². The van der Waals surface area contributed by atoms with E-state index >= 15 is 0 Å². The Balaban J connectivity index is 2.27. The minimum atomic E-state index is -1.17. The highest BCUT2D eigenvalue weighted by atomic mass is 16.4. The number of hydrogen-bond donors (Lipinski definition) is 4. The van der Waals surface area contributed by atoms with Gasteiger partial charge in [0.25, 0.3) is 0 Å². The lowest BCUT2D eigenvalue weighted by Crippen LogP contribution is -2.47. The van der Waals surface area contributed by atoms with Crippen LogP contribution in [0, 0.1) is 5.92 Å². The van der Waals surface area contributed by atoms with Crippen LogP contribution < -0.4 is 16.4 Å². The maximum Gasteiger partial charge on any atom is 0.326 e. The van der Waals surface area contributed by atoms with Crippen LogP contribution in [0.2, 0.25) is 0 Å². The Morgan fingerprint density at radius 1 is 1.33 bits per heavy atom. The summed E-state index contributed by atoms with van der Waals surface area (Å²) in [6.07, 6.45) is 3.32. The molecule has 18 heavy (non-hydrogen) atoms. The molecule has 1 unspecified atom stereocenters. The molecule has 0 radical (unpaired) electrons. The number of hydrogen-bond acceptors (Lipinski definition) is 3. The van der Waals surface area contributed by atoms with Crippen molar-refractivity contribution in [3.05, 3.63) is 0 Å². The first-order valence-electron chi connectivity index (χ1n) is 6.04. The summed E-state index contributed by atoms with van der Waals surface area (Å²) >= 11 is 0. The van der Waals surface area contributed by atoms with Gasteiger partial charge in [-0.25, -0.2) is 9.59 Å². The Morgan fingerprint density at radius 2 is 2.00 bits per heavy atom. The summed E-state index contributed by atoms with van der Waals surface area (Å²) in [6.45, 7) is 0.563. The molecule has 0 bridgehead atoms. The van der Waals surface area contributed by atoms with Crippen molar-refractivity contribution in [1.82, 2.24) is 10.6 Å². The zero-order chi connectivity index (χ0) is 13.5. The summed E-state index contributed by atoms with van der Waals surface area (Å²) in [4.78, 5) is 32.9. The average molecular weight is 257 g/mol. The number of carbonyl (C=O) groups is 3. The highest BCUT2D eigenvalue weighted by molar-refractivity contribution is 5.83. The van der Waals surface area contributed by atoms with Crippen molar-refractivity contribution in [2.75, 3.05) is 6.54 Å². The molecule has 0 aromatic rings. The second kappa shape index (κ2) is 6.83. The summed E-state index contributed by atoms with van der Waals surface area (Å²) in [7, 11) is 0. The fourth-order valence-electron chi connectivity index (χ4n) is 1.69. The summed E-state index contributed by atoms with van der Waals surface area (Å²) in [6, 6.07) is -1.60. The van der Waals surface area contributed by atoms with Crippen molar-refractivity contribution < 1.29 is 19.5 Å². The van der Waals surface area contributed by atoms with Crippen molar-refractivity contribution in [2.45, 2.75) is 38.1 Å². The lowest BCUT2D eigenvalue weighted by molar-refractivity contribution is -0.139. The minimum Gasteiger partial charge on any atom is -0.480 e. The predicted octanol–water partition coefficient (Wildman–Crippen LogP) is -0.196. The molecule has 1 atom stereocenters. The van der Waals surface area contributed by atoms with Crippen LogP contribution in [-0.4, -0.2) is 35.6 Å². The second-order valence-corrected chi connectivity index (χ2v) is 4.55. The van der Waals surface area contributed by atoms with Gasteiger partial charge >= 0.3 is 12.0 Å². The molecule has 1 aliphatic rings. The van der Waals surface area contributed by atoms with Gasteiger partial charge < -0.3 is 21.5 Å². The first kappa shape index (κ1) is 14.3. The third-order valence-electron chi connectivity index (χ3n) is 3.06. The Labute approximate surface area is 105 Å². The van der Waals surface area contributed by atoms with Gasteiger partial charge in [-0.1, -0.05) is 6.42 Å². The van der Waals surface area contributed by atoms with Crippen molar-refractivity contribution in [3.8, 4) is 0 Å². The van der Waals surface area contributed by atoms with Gasteiger partial charge in [0.15, 0.2) is 0 Å². The Kier molecular flexibility index (Phi) is 5.41. The molecule has 3 amide bonds. The van der Waals surface area contributed by atoms with Gasteiger partial charge in [-0.15, -0.1) is 0 Å². The van der Waals surface area contributed by atoms with E-state index in [1.807, 2.05) is 0 Å². The molecule has 0 aliphatic heterocycles. The molecule has 1 fully saturated rings. The summed E-state index contributed by atoms with van der Waals surface area (Å²) in [5.74, 6) is -1.25.